The Balaban J connectivity index is 1.67. The van der Waals surface area contributed by atoms with Crippen LogP contribution in [0.15, 0.2) is 64.6 Å². The fourth-order valence-corrected chi connectivity index (χ4v) is 5.34. The van der Waals surface area contributed by atoms with E-state index in [0.29, 0.717) is 10.8 Å². The molecular weight excluding hydrogens is 484 g/mol. The van der Waals surface area contributed by atoms with Crippen molar-refractivity contribution in [1.29, 1.82) is 0 Å². The smallest absolute Gasteiger partial charge is 0.250 e. The number of thiocarbonyl (C=S) groups is 1. The Bertz CT molecular complexity index is 1040. The number of benzene rings is 1. The van der Waals surface area contributed by atoms with Gasteiger partial charge in [0.15, 0.2) is 5.11 Å². The molecule has 2 unspecified atom stereocenters. The van der Waals surface area contributed by atoms with Crippen molar-refractivity contribution in [1.82, 2.24) is 10.3 Å². The van der Waals surface area contributed by atoms with Crippen LogP contribution >= 0.6 is 39.5 Å². The summed E-state index contributed by atoms with van der Waals surface area (Å²) in [6.45, 7) is 0.0168. The summed E-state index contributed by atoms with van der Waals surface area (Å²) in [4.78, 5) is 19.6. The molecule has 154 valence electrons. The number of nitrogens with zero attached hydrogens (tertiary/aromatic N) is 2. The molecule has 1 aliphatic heterocycles. The van der Waals surface area contributed by atoms with Crippen LogP contribution in [0.4, 0.5) is 11.4 Å². The third-order valence-electron chi connectivity index (χ3n) is 4.69. The number of anilines is 2. The van der Waals surface area contributed by atoms with E-state index in [1.807, 2.05) is 48.5 Å². The standard InChI is InChI=1S/C21H19BrN4O2S2/c1-28-12-18(27)24-13-5-7-14(8-6-13)26-20(16-9-10-17(22)30-16)19(25-21(26)29)15-4-2-3-11-23-15/h2-11,19-20H,12H2,1H3,(H,24,27)(H,25,29). The molecule has 1 fully saturated rings. The Labute approximate surface area is 192 Å². The first kappa shape index (κ1) is 20.9. The third-order valence-corrected chi connectivity index (χ3v) is 6.70. The van der Waals surface area contributed by atoms with Crippen molar-refractivity contribution in [3.05, 3.63) is 75.2 Å². The second-order valence-corrected chi connectivity index (χ2v) is 9.55. The number of methoxy groups -OCH3 is 1. The van der Waals surface area contributed by atoms with Gasteiger partial charge in [0, 0.05) is 29.6 Å². The molecule has 2 atom stereocenters. The molecule has 0 aliphatic carbocycles. The SMILES string of the molecule is COCC(=O)Nc1ccc(N2C(=S)NC(c3ccccn3)C2c2ccc(Br)s2)cc1. The number of carbonyl (C=O) groups is 1. The van der Waals surface area contributed by atoms with Gasteiger partial charge in [0.1, 0.15) is 6.61 Å². The van der Waals surface area contributed by atoms with Crippen molar-refractivity contribution in [3.8, 4) is 0 Å². The van der Waals surface area contributed by atoms with Crippen LogP contribution in [0.25, 0.3) is 0 Å². The predicted octanol–water partition coefficient (Wildman–Crippen LogP) is 4.67. The predicted molar refractivity (Wildman–Crippen MR) is 127 cm³/mol. The molecule has 1 aromatic carbocycles. The zero-order chi connectivity index (χ0) is 21.1. The van der Waals surface area contributed by atoms with E-state index in [4.69, 9.17) is 17.0 Å². The number of amides is 1. The lowest BCUT2D eigenvalue weighted by molar-refractivity contribution is -0.119. The Kier molecular flexibility index (Phi) is 6.43. The van der Waals surface area contributed by atoms with Gasteiger partial charge in [-0.15, -0.1) is 11.3 Å². The topological polar surface area (TPSA) is 66.5 Å². The number of hydrogen-bond donors (Lipinski definition) is 2. The molecule has 9 heteroatoms. The summed E-state index contributed by atoms with van der Waals surface area (Å²) in [6, 6.07) is 17.6. The maximum atomic E-state index is 11.8. The maximum absolute atomic E-state index is 11.8. The molecule has 0 spiro atoms. The molecule has 30 heavy (non-hydrogen) atoms. The zero-order valence-electron chi connectivity index (χ0n) is 16.0. The molecule has 0 bridgehead atoms. The van der Waals surface area contributed by atoms with Gasteiger partial charge >= 0.3 is 0 Å². The van der Waals surface area contributed by atoms with Gasteiger partial charge in [0.05, 0.1) is 21.6 Å². The minimum Gasteiger partial charge on any atom is -0.375 e. The largest absolute Gasteiger partial charge is 0.375 e. The fourth-order valence-electron chi connectivity index (χ4n) is 3.44. The van der Waals surface area contributed by atoms with Gasteiger partial charge in [-0.1, -0.05) is 6.07 Å². The van der Waals surface area contributed by atoms with Crippen LogP contribution in [0.2, 0.25) is 0 Å². The van der Waals surface area contributed by atoms with E-state index in [0.717, 1.165) is 15.2 Å². The first-order chi connectivity index (χ1) is 14.6. The van der Waals surface area contributed by atoms with Gasteiger partial charge in [0.25, 0.3) is 0 Å². The summed E-state index contributed by atoms with van der Waals surface area (Å²) in [5.74, 6) is -0.194. The number of ether oxygens (including phenoxy) is 1. The van der Waals surface area contributed by atoms with Crippen molar-refractivity contribution in [3.63, 3.8) is 0 Å². The number of halogens is 1. The summed E-state index contributed by atoms with van der Waals surface area (Å²) in [6.07, 6.45) is 1.79. The van der Waals surface area contributed by atoms with Crippen LogP contribution in [0.1, 0.15) is 22.7 Å². The highest BCUT2D eigenvalue weighted by atomic mass is 79.9. The molecule has 1 aliphatic rings. The van der Waals surface area contributed by atoms with Gasteiger partial charge in [0.2, 0.25) is 5.91 Å². The van der Waals surface area contributed by atoms with E-state index < -0.39 is 0 Å². The lowest BCUT2D eigenvalue weighted by Crippen LogP contribution is -2.29. The highest BCUT2D eigenvalue weighted by Crippen LogP contribution is 2.44. The third kappa shape index (κ3) is 4.39. The highest BCUT2D eigenvalue weighted by molar-refractivity contribution is 9.11. The summed E-state index contributed by atoms with van der Waals surface area (Å²) in [7, 11) is 1.49. The molecule has 0 saturated carbocycles. The molecule has 2 aromatic heterocycles. The number of pyridine rings is 1. The Morgan fingerprint density at radius 3 is 2.70 bits per heavy atom. The number of carbonyl (C=O) groups excluding carboxylic acids is 1. The van der Waals surface area contributed by atoms with Crippen molar-refractivity contribution in [2.45, 2.75) is 12.1 Å². The Hall–Kier alpha value is -2.33. The van der Waals surface area contributed by atoms with Crippen molar-refractivity contribution in [2.75, 3.05) is 23.9 Å². The van der Waals surface area contributed by atoms with Crippen LogP contribution in [-0.4, -0.2) is 29.7 Å². The second-order valence-electron chi connectivity index (χ2n) is 6.67. The van der Waals surface area contributed by atoms with Crippen molar-refractivity contribution < 1.29 is 9.53 Å². The Morgan fingerprint density at radius 2 is 2.07 bits per heavy atom. The lowest BCUT2D eigenvalue weighted by atomic mass is 10.0. The average Bonchev–Trinajstić information content (AvgIpc) is 3.32. The van der Waals surface area contributed by atoms with Gasteiger partial charge in [-0.05, 0) is 76.7 Å². The van der Waals surface area contributed by atoms with Crippen molar-refractivity contribution >= 4 is 61.9 Å². The van der Waals surface area contributed by atoms with Crippen LogP contribution < -0.4 is 15.5 Å². The van der Waals surface area contributed by atoms with Gasteiger partial charge in [-0.2, -0.15) is 0 Å². The van der Waals surface area contributed by atoms with Gasteiger partial charge in [-0.25, -0.2) is 0 Å². The molecule has 4 rings (SSSR count). The summed E-state index contributed by atoms with van der Waals surface area (Å²) < 4.78 is 5.92. The lowest BCUT2D eigenvalue weighted by Gasteiger charge is -2.27. The summed E-state index contributed by atoms with van der Waals surface area (Å²) in [5, 5.41) is 6.88. The van der Waals surface area contributed by atoms with Crippen molar-refractivity contribution in [2.24, 2.45) is 0 Å². The Morgan fingerprint density at radius 1 is 1.27 bits per heavy atom. The normalized spacial score (nSPS) is 18.3. The average molecular weight is 503 g/mol. The van der Waals surface area contributed by atoms with Crippen LogP contribution in [-0.2, 0) is 9.53 Å². The molecule has 2 N–H and O–H groups in total. The quantitative estimate of drug-likeness (QED) is 0.477. The summed E-state index contributed by atoms with van der Waals surface area (Å²) >= 11 is 11.0. The van der Waals surface area contributed by atoms with E-state index in [1.165, 1.54) is 12.0 Å². The minimum atomic E-state index is -0.194. The molecule has 1 saturated heterocycles. The minimum absolute atomic E-state index is 0.0168. The van der Waals surface area contributed by atoms with Gasteiger partial charge in [-0.3, -0.25) is 9.78 Å². The number of hydrogen-bond acceptors (Lipinski definition) is 5. The van der Waals surface area contributed by atoms with E-state index in [2.05, 4.69) is 42.5 Å². The number of rotatable bonds is 6. The summed E-state index contributed by atoms with van der Waals surface area (Å²) in [5.41, 5.74) is 2.57. The fraction of sp³-hybridized carbons (Fsp3) is 0.190. The van der Waals surface area contributed by atoms with E-state index in [9.17, 15) is 4.79 Å². The van der Waals surface area contributed by atoms with Gasteiger partial charge < -0.3 is 20.3 Å². The first-order valence-electron chi connectivity index (χ1n) is 9.21. The van der Waals surface area contributed by atoms with Crippen LogP contribution in [0, 0.1) is 0 Å². The molecule has 3 aromatic rings. The first-order valence-corrected chi connectivity index (χ1v) is 11.2. The number of aromatic nitrogens is 1. The number of thiophene rings is 1. The van der Waals surface area contributed by atoms with E-state index in [1.54, 1.807) is 17.5 Å². The molecule has 0 radical (unpaired) electrons. The van der Waals surface area contributed by atoms with E-state index >= 15 is 0 Å². The van der Waals surface area contributed by atoms with Crippen LogP contribution in [0.3, 0.4) is 0 Å². The molecule has 1 amide bonds. The zero-order valence-corrected chi connectivity index (χ0v) is 19.3. The molecule has 6 nitrogen and oxygen atoms in total. The monoisotopic (exact) mass is 502 g/mol. The maximum Gasteiger partial charge on any atom is 0.250 e. The van der Waals surface area contributed by atoms with Crippen LogP contribution in [0.5, 0.6) is 0 Å². The van der Waals surface area contributed by atoms with E-state index in [-0.39, 0.29) is 24.6 Å². The highest BCUT2D eigenvalue weighted by Gasteiger charge is 2.41. The number of nitrogens with one attached hydrogen (secondary N) is 2. The molecule has 3 heterocycles. The second kappa shape index (κ2) is 9.22. The molecular formula is C21H19BrN4O2S2.